The number of hydrazine groups is 1. The van der Waals surface area contributed by atoms with Crippen molar-refractivity contribution in [3.05, 3.63) is 135 Å². The van der Waals surface area contributed by atoms with Gasteiger partial charge in [0.15, 0.2) is 11.6 Å². The van der Waals surface area contributed by atoms with Gasteiger partial charge in [0.2, 0.25) is 5.90 Å². The first-order valence-electron chi connectivity index (χ1n) is 15.2. The average Bonchev–Trinajstić information content (AvgIpc) is 3.48. The number of aliphatic hydroxyl groups is 1. The number of carbonyl (C=O) groups excluding carboxylic acids is 1. The van der Waals surface area contributed by atoms with Crippen molar-refractivity contribution in [1.82, 2.24) is 10.9 Å². The Kier molecular flexibility index (Phi) is 11.2. The van der Waals surface area contributed by atoms with Gasteiger partial charge in [-0.3, -0.25) is 10.2 Å². The SMILES string of the molecule is COc1cccc([C@@H]2OC(c3ccc(OCCCO)cc3)=N[C@]2(Cc2ccccc2N=[N+]=[N-])C(=O)NNCCc2cc(F)cc(F)c2)c1. The second kappa shape index (κ2) is 15.9. The predicted octanol–water partition coefficient (Wildman–Crippen LogP) is 6.04. The number of aliphatic hydroxyl groups excluding tert-OH is 1. The molecule has 1 amide bonds. The van der Waals surface area contributed by atoms with Crippen LogP contribution in [0.4, 0.5) is 14.5 Å². The first kappa shape index (κ1) is 33.9. The van der Waals surface area contributed by atoms with E-state index in [9.17, 15) is 19.1 Å². The van der Waals surface area contributed by atoms with Crippen LogP contribution in [0, 0.1) is 11.6 Å². The van der Waals surface area contributed by atoms with Gasteiger partial charge in [-0.15, -0.1) is 0 Å². The summed E-state index contributed by atoms with van der Waals surface area (Å²) in [6.45, 7) is 0.513. The number of halogens is 2. The van der Waals surface area contributed by atoms with Crippen LogP contribution in [-0.4, -0.2) is 49.3 Å². The predicted molar refractivity (Wildman–Crippen MR) is 175 cm³/mol. The summed E-state index contributed by atoms with van der Waals surface area (Å²) in [7, 11) is 1.53. The highest BCUT2D eigenvalue weighted by Gasteiger charge is 2.53. The van der Waals surface area contributed by atoms with Crippen LogP contribution >= 0.6 is 0 Å². The molecule has 0 spiro atoms. The number of hydrogen-bond acceptors (Lipinski definition) is 8. The number of azide groups is 1. The molecular formula is C35H34F2N6O5. The minimum atomic E-state index is -1.64. The fourth-order valence-electron chi connectivity index (χ4n) is 5.40. The molecule has 11 nitrogen and oxygen atoms in total. The lowest BCUT2D eigenvalue weighted by Crippen LogP contribution is -2.54. The molecule has 0 aromatic heterocycles. The number of carbonyl (C=O) groups is 1. The molecule has 1 heterocycles. The van der Waals surface area contributed by atoms with Crippen molar-refractivity contribution < 1.29 is 32.9 Å². The maximum Gasteiger partial charge on any atom is 0.266 e. The Hall–Kier alpha value is -5.49. The van der Waals surface area contributed by atoms with Crippen molar-refractivity contribution in [2.24, 2.45) is 10.1 Å². The smallest absolute Gasteiger partial charge is 0.266 e. The van der Waals surface area contributed by atoms with Gasteiger partial charge in [0.1, 0.15) is 23.1 Å². The van der Waals surface area contributed by atoms with Crippen LogP contribution in [0.25, 0.3) is 10.4 Å². The summed E-state index contributed by atoms with van der Waals surface area (Å²) in [4.78, 5) is 22.3. The molecule has 0 saturated heterocycles. The quantitative estimate of drug-likeness (QED) is 0.0467. The lowest BCUT2D eigenvalue weighted by molar-refractivity contribution is -0.130. The second-order valence-electron chi connectivity index (χ2n) is 11.0. The van der Waals surface area contributed by atoms with Gasteiger partial charge in [0, 0.05) is 48.2 Å². The zero-order chi connectivity index (χ0) is 33.9. The van der Waals surface area contributed by atoms with E-state index in [2.05, 4.69) is 20.9 Å². The zero-order valence-corrected chi connectivity index (χ0v) is 26.1. The second-order valence-corrected chi connectivity index (χ2v) is 11.0. The monoisotopic (exact) mass is 656 g/mol. The molecule has 5 rings (SSSR count). The van der Waals surface area contributed by atoms with Crippen molar-refractivity contribution in [2.45, 2.75) is 30.9 Å². The Morgan fingerprint density at radius 1 is 1.04 bits per heavy atom. The van der Waals surface area contributed by atoms with E-state index in [0.717, 1.165) is 6.07 Å². The topological polar surface area (TPSA) is 150 Å². The molecule has 4 aromatic rings. The van der Waals surface area contributed by atoms with Crippen molar-refractivity contribution >= 4 is 17.5 Å². The van der Waals surface area contributed by atoms with Gasteiger partial charge in [0.25, 0.3) is 5.91 Å². The van der Waals surface area contributed by atoms with E-state index >= 15 is 0 Å². The molecule has 13 heteroatoms. The molecule has 0 unspecified atom stereocenters. The van der Waals surface area contributed by atoms with Crippen molar-refractivity contribution in [2.75, 3.05) is 26.9 Å². The summed E-state index contributed by atoms with van der Waals surface area (Å²) >= 11 is 0. The number of hydrogen-bond donors (Lipinski definition) is 3. The minimum absolute atomic E-state index is 0.0134. The summed E-state index contributed by atoms with van der Waals surface area (Å²) in [5.74, 6) is -0.625. The first-order chi connectivity index (χ1) is 23.3. The molecule has 0 fully saturated rings. The number of nitrogens with zero attached hydrogens (tertiary/aromatic N) is 4. The van der Waals surface area contributed by atoms with Crippen LogP contribution in [0.1, 0.15) is 34.8 Å². The lowest BCUT2D eigenvalue weighted by Gasteiger charge is -2.31. The molecular weight excluding hydrogens is 622 g/mol. The highest BCUT2D eigenvalue weighted by atomic mass is 19.1. The van der Waals surface area contributed by atoms with E-state index in [0.29, 0.717) is 52.5 Å². The molecule has 248 valence electrons. The molecule has 1 aliphatic heterocycles. The van der Waals surface area contributed by atoms with Crippen LogP contribution < -0.4 is 20.3 Å². The van der Waals surface area contributed by atoms with Crippen molar-refractivity contribution in [3.8, 4) is 11.5 Å². The summed E-state index contributed by atoms with van der Waals surface area (Å²) in [6.07, 6.45) is -0.291. The molecule has 2 atom stereocenters. The number of ether oxygens (including phenoxy) is 3. The number of amides is 1. The third-order valence-electron chi connectivity index (χ3n) is 7.69. The zero-order valence-electron chi connectivity index (χ0n) is 26.1. The van der Waals surface area contributed by atoms with Gasteiger partial charge < -0.3 is 19.3 Å². The number of rotatable bonds is 15. The molecule has 0 bridgehead atoms. The van der Waals surface area contributed by atoms with Crippen LogP contribution in [0.3, 0.4) is 0 Å². The van der Waals surface area contributed by atoms with Crippen LogP contribution in [0.15, 0.2) is 101 Å². The largest absolute Gasteiger partial charge is 0.497 e. The van der Waals surface area contributed by atoms with Crippen molar-refractivity contribution in [3.63, 3.8) is 0 Å². The number of nitrogens with one attached hydrogen (secondary N) is 2. The molecule has 0 saturated carbocycles. The fraction of sp³-hybridized carbons (Fsp3) is 0.257. The number of aliphatic imine (C=N–C) groups is 1. The van der Waals surface area contributed by atoms with Crippen molar-refractivity contribution in [1.29, 1.82) is 0 Å². The molecule has 4 aromatic carbocycles. The number of methoxy groups -OCH3 is 1. The first-order valence-corrected chi connectivity index (χ1v) is 15.2. The van der Waals surface area contributed by atoms with E-state index in [4.69, 9.17) is 24.3 Å². The highest BCUT2D eigenvalue weighted by molar-refractivity contribution is 6.01. The summed E-state index contributed by atoms with van der Waals surface area (Å²) in [5.41, 5.74) is 15.7. The van der Waals surface area contributed by atoms with E-state index in [1.54, 1.807) is 72.8 Å². The van der Waals surface area contributed by atoms with E-state index in [-0.39, 0.29) is 31.9 Å². The molecule has 0 aliphatic carbocycles. The lowest BCUT2D eigenvalue weighted by atomic mass is 9.81. The van der Waals surface area contributed by atoms with E-state index < -0.39 is 29.2 Å². The van der Waals surface area contributed by atoms with E-state index in [1.807, 2.05) is 0 Å². The fourth-order valence-corrected chi connectivity index (χ4v) is 5.40. The average molecular weight is 657 g/mol. The Bertz CT molecular complexity index is 1800. The van der Waals surface area contributed by atoms with Gasteiger partial charge in [-0.25, -0.2) is 19.2 Å². The summed E-state index contributed by atoms with van der Waals surface area (Å²) in [6, 6.07) is 24.2. The van der Waals surface area contributed by atoms with Gasteiger partial charge in [-0.1, -0.05) is 41.5 Å². The molecule has 0 radical (unpaired) electrons. The maximum absolute atomic E-state index is 14.4. The van der Waals surface area contributed by atoms with Gasteiger partial charge >= 0.3 is 0 Å². The molecule has 1 aliphatic rings. The standard InChI is InChI=1S/C35H34F2N6O5/c1-46-30-8-4-7-25(20-30)32-35(22-26-6-2-3-9-31(26)41-43-38,34(45)42-39-15-14-23-18-27(36)21-28(37)19-23)40-33(48-32)24-10-12-29(13-11-24)47-17-5-16-44/h2-4,6-13,18-21,32,39,44H,5,14-17,22H2,1H3,(H,42,45)/t32-,35-/m0/s1. The minimum Gasteiger partial charge on any atom is -0.497 e. The van der Waals surface area contributed by atoms with Gasteiger partial charge in [-0.2, -0.15) is 0 Å². The molecule has 48 heavy (non-hydrogen) atoms. The van der Waals surface area contributed by atoms with Crippen LogP contribution in [0.5, 0.6) is 11.5 Å². The molecule has 3 N–H and O–H groups in total. The van der Waals surface area contributed by atoms with E-state index in [1.165, 1.54) is 19.2 Å². The maximum atomic E-state index is 14.4. The Labute approximate surface area is 275 Å². The van der Waals surface area contributed by atoms with Gasteiger partial charge in [-0.05, 0) is 77.2 Å². The Balaban J connectivity index is 1.53. The van der Waals surface area contributed by atoms with Crippen LogP contribution in [0.2, 0.25) is 0 Å². The third kappa shape index (κ3) is 8.07. The van der Waals surface area contributed by atoms with Crippen LogP contribution in [-0.2, 0) is 22.4 Å². The Morgan fingerprint density at radius 2 is 1.81 bits per heavy atom. The summed E-state index contributed by atoms with van der Waals surface area (Å²) in [5, 5.41) is 12.9. The van der Waals surface area contributed by atoms with Gasteiger partial charge in [0.05, 0.1) is 13.7 Å². The Morgan fingerprint density at radius 3 is 2.54 bits per heavy atom. The highest BCUT2D eigenvalue weighted by Crippen LogP contribution is 2.44. The normalized spacial score (nSPS) is 16.8. The third-order valence-corrected chi connectivity index (χ3v) is 7.69. The number of benzene rings is 4. The summed E-state index contributed by atoms with van der Waals surface area (Å²) < 4.78 is 45.1.